The largest absolute Gasteiger partial charge is 0.392 e. The summed E-state index contributed by atoms with van der Waals surface area (Å²) >= 11 is 0. The molecular weight excluding hydrogens is 220 g/mol. The number of hydrogen-bond donors (Lipinski definition) is 1. The molecule has 0 saturated heterocycles. The first-order chi connectivity index (χ1) is 8.33. The van der Waals surface area contributed by atoms with Crippen LogP contribution in [0.5, 0.6) is 0 Å². The van der Waals surface area contributed by atoms with Crippen LogP contribution < -0.4 is 4.90 Å². The number of hydrogen-bond acceptors (Lipinski definition) is 5. The molecule has 0 aliphatic carbocycles. The molecule has 0 atom stereocenters. The monoisotopic (exact) mass is 240 g/mol. The van der Waals surface area contributed by atoms with Crippen molar-refractivity contribution in [3.8, 4) is 0 Å². The van der Waals surface area contributed by atoms with Gasteiger partial charge in [-0.15, -0.1) is 0 Å². The fourth-order valence-corrected chi connectivity index (χ4v) is 1.59. The highest BCUT2D eigenvalue weighted by atomic mass is 16.5. The molecule has 1 aromatic heterocycles. The first-order valence-electron chi connectivity index (χ1n) is 5.60. The number of aromatic nitrogens is 1. The number of aliphatic hydroxyl groups is 1. The summed E-state index contributed by atoms with van der Waals surface area (Å²) < 4.78 is 10.2. The van der Waals surface area contributed by atoms with Gasteiger partial charge in [0.05, 0.1) is 31.7 Å². The highest BCUT2D eigenvalue weighted by molar-refractivity contribution is 5.51. The van der Waals surface area contributed by atoms with Gasteiger partial charge in [0.15, 0.2) is 0 Å². The number of aliphatic hydroxyl groups excluding tert-OH is 1. The first kappa shape index (κ1) is 13.9. The van der Waals surface area contributed by atoms with E-state index in [2.05, 4.69) is 9.88 Å². The molecule has 96 valence electrons. The van der Waals surface area contributed by atoms with Crippen LogP contribution in [0.2, 0.25) is 0 Å². The molecule has 5 heteroatoms. The predicted octanol–water partition coefficient (Wildman–Crippen LogP) is 0.673. The van der Waals surface area contributed by atoms with E-state index in [1.165, 1.54) is 0 Å². The van der Waals surface area contributed by atoms with Crippen LogP contribution in [-0.2, 0) is 16.1 Å². The first-order valence-corrected chi connectivity index (χ1v) is 5.60. The van der Waals surface area contributed by atoms with Crippen LogP contribution >= 0.6 is 0 Å². The molecule has 1 aromatic rings. The van der Waals surface area contributed by atoms with Gasteiger partial charge in [-0.1, -0.05) is 0 Å². The fraction of sp³-hybridized carbons (Fsp3) is 0.583. The Kier molecular flexibility index (Phi) is 6.54. The van der Waals surface area contributed by atoms with E-state index in [1.807, 2.05) is 6.07 Å². The second kappa shape index (κ2) is 8.00. The third-order valence-electron chi connectivity index (χ3n) is 2.53. The van der Waals surface area contributed by atoms with Crippen molar-refractivity contribution in [1.29, 1.82) is 0 Å². The lowest BCUT2D eigenvalue weighted by Gasteiger charge is -2.25. The lowest BCUT2D eigenvalue weighted by molar-refractivity contribution is 0.190. The summed E-state index contributed by atoms with van der Waals surface area (Å²) in [6, 6.07) is 1.82. The lowest BCUT2D eigenvalue weighted by atomic mass is 10.2. The topological polar surface area (TPSA) is 54.8 Å². The zero-order valence-electron chi connectivity index (χ0n) is 10.4. The normalized spacial score (nSPS) is 10.5. The fourth-order valence-electron chi connectivity index (χ4n) is 1.59. The molecule has 1 N–H and O–H groups in total. The predicted molar refractivity (Wildman–Crippen MR) is 66.1 cm³/mol. The number of anilines is 1. The molecule has 1 rings (SSSR count). The summed E-state index contributed by atoms with van der Waals surface area (Å²) in [6.07, 6.45) is 3.44. The van der Waals surface area contributed by atoms with Gasteiger partial charge in [-0.2, -0.15) is 0 Å². The molecule has 0 spiro atoms. The average molecular weight is 240 g/mol. The minimum atomic E-state index is 0.00825. The molecule has 0 aliphatic heterocycles. The van der Waals surface area contributed by atoms with Gasteiger partial charge in [0.2, 0.25) is 0 Å². The maximum atomic E-state index is 9.30. The van der Waals surface area contributed by atoms with Gasteiger partial charge < -0.3 is 19.5 Å². The number of ether oxygens (including phenoxy) is 2. The Morgan fingerprint density at radius 1 is 1.24 bits per heavy atom. The highest BCUT2D eigenvalue weighted by Crippen LogP contribution is 2.18. The second-order valence-electron chi connectivity index (χ2n) is 3.64. The molecule has 0 fully saturated rings. The molecule has 0 aromatic carbocycles. The summed E-state index contributed by atoms with van der Waals surface area (Å²) in [7, 11) is 3.34. The van der Waals surface area contributed by atoms with Crippen molar-refractivity contribution in [1.82, 2.24) is 4.98 Å². The third kappa shape index (κ3) is 4.30. The molecule has 0 unspecified atom stereocenters. The van der Waals surface area contributed by atoms with Crippen molar-refractivity contribution in [2.75, 3.05) is 45.4 Å². The Morgan fingerprint density at radius 3 is 2.41 bits per heavy atom. The molecule has 0 aliphatic rings. The maximum absolute atomic E-state index is 9.30. The van der Waals surface area contributed by atoms with Crippen LogP contribution in [0, 0.1) is 0 Å². The summed E-state index contributed by atoms with van der Waals surface area (Å²) in [6.45, 7) is 2.76. The standard InChI is InChI=1S/C12H20N2O3/c1-16-7-5-14(6-8-17-2)12-9-13-4-3-11(12)10-15/h3-4,9,15H,5-8,10H2,1-2H3. The van der Waals surface area contributed by atoms with E-state index in [0.29, 0.717) is 13.2 Å². The summed E-state index contributed by atoms with van der Waals surface area (Å²) in [5.41, 5.74) is 1.80. The zero-order chi connectivity index (χ0) is 12.5. The Hall–Kier alpha value is -1.17. The summed E-state index contributed by atoms with van der Waals surface area (Å²) in [4.78, 5) is 6.20. The molecule has 1 heterocycles. The second-order valence-corrected chi connectivity index (χ2v) is 3.64. The summed E-state index contributed by atoms with van der Waals surface area (Å²) in [5, 5.41) is 9.30. The highest BCUT2D eigenvalue weighted by Gasteiger charge is 2.10. The zero-order valence-corrected chi connectivity index (χ0v) is 10.4. The number of rotatable bonds is 8. The van der Waals surface area contributed by atoms with Gasteiger partial charge in [-0.25, -0.2) is 0 Å². The Morgan fingerprint density at radius 2 is 1.88 bits per heavy atom. The molecular formula is C12H20N2O3. The third-order valence-corrected chi connectivity index (χ3v) is 2.53. The quantitative estimate of drug-likeness (QED) is 0.724. The minimum absolute atomic E-state index is 0.00825. The Bertz CT molecular complexity index is 312. The van der Waals surface area contributed by atoms with Crippen molar-refractivity contribution in [3.05, 3.63) is 24.0 Å². The van der Waals surface area contributed by atoms with Crippen LogP contribution in [-0.4, -0.2) is 50.6 Å². The van der Waals surface area contributed by atoms with E-state index in [-0.39, 0.29) is 6.61 Å². The van der Waals surface area contributed by atoms with Crippen molar-refractivity contribution in [2.45, 2.75) is 6.61 Å². The van der Waals surface area contributed by atoms with Gasteiger partial charge >= 0.3 is 0 Å². The SMILES string of the molecule is COCCN(CCOC)c1cnccc1CO. The van der Waals surface area contributed by atoms with E-state index in [0.717, 1.165) is 24.3 Å². The van der Waals surface area contributed by atoms with Gasteiger partial charge in [-0.05, 0) is 6.07 Å². The number of methoxy groups -OCH3 is 2. The minimum Gasteiger partial charge on any atom is -0.392 e. The van der Waals surface area contributed by atoms with Gasteiger partial charge in [-0.3, -0.25) is 4.98 Å². The van der Waals surface area contributed by atoms with E-state index in [9.17, 15) is 5.11 Å². The van der Waals surface area contributed by atoms with E-state index < -0.39 is 0 Å². The summed E-state index contributed by atoms with van der Waals surface area (Å²) in [5.74, 6) is 0. The van der Waals surface area contributed by atoms with E-state index in [1.54, 1.807) is 26.6 Å². The van der Waals surface area contributed by atoms with Gasteiger partial charge in [0.1, 0.15) is 0 Å². The Balaban J connectivity index is 2.78. The van der Waals surface area contributed by atoms with Crippen LogP contribution in [0.15, 0.2) is 18.5 Å². The Labute approximate surface area is 102 Å². The number of pyridine rings is 1. The van der Waals surface area contributed by atoms with Crippen molar-refractivity contribution in [3.63, 3.8) is 0 Å². The van der Waals surface area contributed by atoms with E-state index in [4.69, 9.17) is 9.47 Å². The number of nitrogens with zero attached hydrogens (tertiary/aromatic N) is 2. The molecule has 0 saturated carbocycles. The molecule has 17 heavy (non-hydrogen) atoms. The van der Waals surface area contributed by atoms with Crippen molar-refractivity contribution >= 4 is 5.69 Å². The van der Waals surface area contributed by atoms with Crippen LogP contribution in [0.25, 0.3) is 0 Å². The smallest absolute Gasteiger partial charge is 0.0703 e. The molecule has 0 radical (unpaired) electrons. The van der Waals surface area contributed by atoms with Gasteiger partial charge in [0.25, 0.3) is 0 Å². The van der Waals surface area contributed by atoms with Crippen molar-refractivity contribution in [2.24, 2.45) is 0 Å². The maximum Gasteiger partial charge on any atom is 0.0703 e. The van der Waals surface area contributed by atoms with Crippen molar-refractivity contribution < 1.29 is 14.6 Å². The van der Waals surface area contributed by atoms with E-state index >= 15 is 0 Å². The van der Waals surface area contributed by atoms with Gasteiger partial charge in [0, 0.05) is 39.1 Å². The lowest BCUT2D eigenvalue weighted by Crippen LogP contribution is -2.31. The van der Waals surface area contributed by atoms with Crippen LogP contribution in [0.3, 0.4) is 0 Å². The van der Waals surface area contributed by atoms with Crippen LogP contribution in [0.4, 0.5) is 5.69 Å². The molecule has 0 amide bonds. The average Bonchev–Trinajstić information content (AvgIpc) is 2.39. The molecule has 5 nitrogen and oxygen atoms in total. The molecule has 0 bridgehead atoms. The van der Waals surface area contributed by atoms with Crippen LogP contribution in [0.1, 0.15) is 5.56 Å².